The molecule has 6 heteroatoms. The molecular formula is C13H12F3NO2. The topological polar surface area (TPSA) is 29.5 Å². The average Bonchev–Trinajstić information content (AvgIpc) is 2.36. The maximum atomic E-state index is 13.0. The molecular weight excluding hydrogens is 259 g/mol. The molecule has 0 saturated heterocycles. The average molecular weight is 271 g/mol. The Morgan fingerprint density at radius 2 is 2.05 bits per heavy atom. The van der Waals surface area contributed by atoms with Crippen molar-refractivity contribution in [3.63, 3.8) is 0 Å². The Balaban J connectivity index is 2.47. The number of alkyl halides is 3. The molecule has 0 spiro atoms. The van der Waals surface area contributed by atoms with Crippen LogP contribution >= 0.6 is 0 Å². The summed E-state index contributed by atoms with van der Waals surface area (Å²) in [7, 11) is 0. The summed E-state index contributed by atoms with van der Waals surface area (Å²) in [6.07, 6.45) is -3.22. The molecule has 1 atom stereocenters. The molecule has 0 N–H and O–H groups in total. The van der Waals surface area contributed by atoms with E-state index >= 15 is 0 Å². The fourth-order valence-electron chi connectivity index (χ4n) is 1.94. The summed E-state index contributed by atoms with van der Waals surface area (Å²) in [4.78, 5) is 12.4. The molecule has 0 bridgehead atoms. The van der Waals surface area contributed by atoms with Gasteiger partial charge in [-0.05, 0) is 18.6 Å². The third-order valence-corrected chi connectivity index (χ3v) is 2.73. The Morgan fingerprint density at radius 1 is 1.37 bits per heavy atom. The lowest BCUT2D eigenvalue weighted by atomic mass is 10.0. The first kappa shape index (κ1) is 13.5. The Bertz CT molecular complexity index is 511. The van der Waals surface area contributed by atoms with Gasteiger partial charge in [0.05, 0.1) is 12.3 Å². The second-order valence-electron chi connectivity index (χ2n) is 3.97. The Hall–Kier alpha value is -1.98. The number of hydrogen-bond acceptors (Lipinski definition) is 2. The monoisotopic (exact) mass is 271 g/mol. The van der Waals surface area contributed by atoms with E-state index in [0.29, 0.717) is 10.5 Å². The lowest BCUT2D eigenvalue weighted by Gasteiger charge is -2.33. The van der Waals surface area contributed by atoms with Gasteiger partial charge >= 0.3 is 12.3 Å². The van der Waals surface area contributed by atoms with E-state index in [9.17, 15) is 18.0 Å². The number of ether oxygens (including phenoxy) is 1. The predicted octanol–water partition coefficient (Wildman–Crippen LogP) is 3.61. The van der Waals surface area contributed by atoms with E-state index in [4.69, 9.17) is 4.74 Å². The number of fused-ring (bicyclic) bond motifs is 1. The van der Waals surface area contributed by atoms with Crippen LogP contribution in [0.25, 0.3) is 6.08 Å². The number of hydrogen-bond donors (Lipinski definition) is 0. The second-order valence-corrected chi connectivity index (χ2v) is 3.97. The van der Waals surface area contributed by atoms with Crippen LogP contribution in [0.4, 0.5) is 23.7 Å². The summed E-state index contributed by atoms with van der Waals surface area (Å²) < 4.78 is 43.7. The van der Waals surface area contributed by atoms with Gasteiger partial charge in [-0.15, -0.1) is 0 Å². The van der Waals surface area contributed by atoms with Gasteiger partial charge in [-0.3, -0.25) is 4.90 Å². The van der Waals surface area contributed by atoms with Crippen molar-refractivity contribution in [3.05, 3.63) is 35.9 Å². The van der Waals surface area contributed by atoms with Gasteiger partial charge in [0, 0.05) is 0 Å². The van der Waals surface area contributed by atoms with Gasteiger partial charge in [-0.2, -0.15) is 13.2 Å². The van der Waals surface area contributed by atoms with Crippen LogP contribution in [0.1, 0.15) is 12.5 Å². The molecule has 2 rings (SSSR count). The van der Waals surface area contributed by atoms with Crippen LogP contribution in [-0.4, -0.2) is 24.9 Å². The zero-order valence-corrected chi connectivity index (χ0v) is 10.1. The summed E-state index contributed by atoms with van der Waals surface area (Å²) in [6, 6.07) is 4.39. The maximum Gasteiger partial charge on any atom is 0.415 e. The number of rotatable bonds is 1. The number of nitrogens with zero attached hydrogens (tertiary/aromatic N) is 1. The molecule has 1 aliphatic heterocycles. The Morgan fingerprint density at radius 3 is 2.68 bits per heavy atom. The molecule has 102 valence electrons. The van der Waals surface area contributed by atoms with Crippen LogP contribution in [0.15, 0.2) is 30.3 Å². The first-order valence-electron chi connectivity index (χ1n) is 5.75. The highest BCUT2D eigenvalue weighted by molar-refractivity contribution is 5.93. The minimum absolute atomic E-state index is 0.0196. The van der Waals surface area contributed by atoms with Gasteiger partial charge in [0.25, 0.3) is 0 Å². The zero-order valence-electron chi connectivity index (χ0n) is 10.1. The van der Waals surface area contributed by atoms with Crippen molar-refractivity contribution in [1.82, 2.24) is 0 Å². The van der Waals surface area contributed by atoms with E-state index in [1.165, 1.54) is 12.1 Å². The largest absolute Gasteiger partial charge is 0.449 e. The molecule has 0 saturated carbocycles. The van der Waals surface area contributed by atoms with Crippen molar-refractivity contribution >= 4 is 17.9 Å². The van der Waals surface area contributed by atoms with Gasteiger partial charge in [-0.25, -0.2) is 4.79 Å². The number of carbonyl (C=O) groups excluding carboxylic acids is 1. The first-order valence-corrected chi connectivity index (χ1v) is 5.75. The van der Waals surface area contributed by atoms with E-state index in [0.717, 1.165) is 6.08 Å². The van der Waals surface area contributed by atoms with Gasteiger partial charge < -0.3 is 4.74 Å². The Kier molecular flexibility index (Phi) is 3.50. The minimum Gasteiger partial charge on any atom is -0.449 e. The molecule has 1 aromatic carbocycles. The van der Waals surface area contributed by atoms with E-state index in [1.807, 2.05) is 0 Å². The van der Waals surface area contributed by atoms with Gasteiger partial charge in [0.2, 0.25) is 0 Å². The van der Waals surface area contributed by atoms with E-state index in [-0.39, 0.29) is 12.3 Å². The van der Waals surface area contributed by atoms with Crippen molar-refractivity contribution < 1.29 is 22.7 Å². The molecule has 1 unspecified atom stereocenters. The fourth-order valence-corrected chi connectivity index (χ4v) is 1.94. The van der Waals surface area contributed by atoms with Gasteiger partial charge in [0.1, 0.15) is 0 Å². The van der Waals surface area contributed by atoms with Crippen LogP contribution in [-0.2, 0) is 4.74 Å². The standard InChI is InChI=1S/C13H12F3NO2/c1-2-19-12(18)17-10-6-4-3-5-9(10)7-8-11(17)13(14,15)16/h3-8,11H,2H2,1H3. The normalized spacial score (nSPS) is 18.1. The highest BCUT2D eigenvalue weighted by atomic mass is 19.4. The molecule has 0 radical (unpaired) electrons. The van der Waals surface area contributed by atoms with E-state index in [1.54, 1.807) is 25.1 Å². The number of para-hydroxylation sites is 1. The first-order chi connectivity index (χ1) is 8.95. The lowest BCUT2D eigenvalue weighted by molar-refractivity contribution is -0.137. The van der Waals surface area contributed by atoms with Crippen molar-refractivity contribution in [2.45, 2.75) is 19.1 Å². The van der Waals surface area contributed by atoms with Crippen LogP contribution < -0.4 is 4.90 Å². The summed E-state index contributed by atoms with van der Waals surface area (Å²) >= 11 is 0. The highest BCUT2D eigenvalue weighted by Gasteiger charge is 2.46. The summed E-state index contributed by atoms with van der Waals surface area (Å²) in [5, 5.41) is 0. The number of amides is 1. The van der Waals surface area contributed by atoms with Crippen LogP contribution in [0, 0.1) is 0 Å². The highest BCUT2D eigenvalue weighted by Crippen LogP contribution is 2.36. The fraction of sp³-hybridized carbons (Fsp3) is 0.308. The molecule has 1 aromatic rings. The van der Waals surface area contributed by atoms with Crippen molar-refractivity contribution in [3.8, 4) is 0 Å². The molecule has 3 nitrogen and oxygen atoms in total. The van der Waals surface area contributed by atoms with Crippen LogP contribution in [0.2, 0.25) is 0 Å². The smallest absolute Gasteiger partial charge is 0.415 e. The molecule has 19 heavy (non-hydrogen) atoms. The molecule has 0 aromatic heterocycles. The number of anilines is 1. The summed E-state index contributed by atoms with van der Waals surface area (Å²) in [5.74, 6) is 0. The van der Waals surface area contributed by atoms with Crippen molar-refractivity contribution in [1.29, 1.82) is 0 Å². The SMILES string of the molecule is CCOC(=O)N1c2ccccc2C=CC1C(F)(F)F. The molecule has 1 heterocycles. The van der Waals surface area contributed by atoms with Crippen molar-refractivity contribution in [2.24, 2.45) is 0 Å². The number of carbonyl (C=O) groups is 1. The molecule has 0 aliphatic carbocycles. The third-order valence-electron chi connectivity index (χ3n) is 2.73. The lowest BCUT2D eigenvalue weighted by Crippen LogP contribution is -2.49. The van der Waals surface area contributed by atoms with Crippen LogP contribution in [0.3, 0.4) is 0 Å². The van der Waals surface area contributed by atoms with Crippen molar-refractivity contribution in [2.75, 3.05) is 11.5 Å². The molecule has 1 amide bonds. The summed E-state index contributed by atoms with van der Waals surface area (Å²) in [5.41, 5.74) is 0.752. The summed E-state index contributed by atoms with van der Waals surface area (Å²) in [6.45, 7) is 1.57. The maximum absolute atomic E-state index is 13.0. The second kappa shape index (κ2) is 4.95. The number of halogens is 3. The van der Waals surface area contributed by atoms with Crippen LogP contribution in [0.5, 0.6) is 0 Å². The predicted molar refractivity (Wildman–Crippen MR) is 64.8 cm³/mol. The molecule has 1 aliphatic rings. The molecule has 0 fully saturated rings. The third kappa shape index (κ3) is 2.57. The Labute approximate surface area is 108 Å². The minimum atomic E-state index is -4.54. The number of benzene rings is 1. The quantitative estimate of drug-likeness (QED) is 0.781. The van der Waals surface area contributed by atoms with Gasteiger partial charge in [0.15, 0.2) is 6.04 Å². The van der Waals surface area contributed by atoms with Gasteiger partial charge in [-0.1, -0.05) is 30.4 Å². The van der Waals surface area contributed by atoms with E-state index < -0.39 is 18.3 Å². The zero-order chi connectivity index (χ0) is 14.0. The van der Waals surface area contributed by atoms with E-state index in [2.05, 4.69) is 0 Å².